The Hall–Kier alpha value is 0.260. The van der Waals surface area contributed by atoms with Crippen molar-refractivity contribution in [1.29, 1.82) is 0 Å². The first-order chi connectivity index (χ1) is 4.71. The van der Waals surface area contributed by atoms with Gasteiger partial charge in [0.1, 0.15) is 0 Å². The zero-order valence-corrected chi connectivity index (χ0v) is 8.59. The van der Waals surface area contributed by atoms with Crippen molar-refractivity contribution < 1.29 is 13.0 Å². The second kappa shape index (κ2) is 3.78. The Morgan fingerprint density at radius 2 is 1.82 bits per heavy atom. The molecule has 0 aromatic rings. The van der Waals surface area contributed by atoms with Crippen LogP contribution in [0.2, 0.25) is 0 Å². The highest BCUT2D eigenvalue weighted by Gasteiger charge is 2.10. The van der Waals surface area contributed by atoms with Gasteiger partial charge in [-0.05, 0) is 0 Å². The highest BCUT2D eigenvalue weighted by molar-refractivity contribution is 8.01. The van der Waals surface area contributed by atoms with Gasteiger partial charge in [0.25, 0.3) is 0 Å². The van der Waals surface area contributed by atoms with Crippen molar-refractivity contribution in [2.24, 2.45) is 0 Å². The lowest BCUT2D eigenvalue weighted by Gasteiger charge is -2.17. The molecule has 0 aromatic carbocycles. The highest BCUT2D eigenvalue weighted by Crippen LogP contribution is 2.22. The molecule has 0 radical (unpaired) electrons. The summed E-state index contributed by atoms with van der Waals surface area (Å²) in [6, 6.07) is 0. The molecular formula is C6H13O3S2-. The van der Waals surface area contributed by atoms with E-state index in [1.807, 2.05) is 20.8 Å². The van der Waals surface area contributed by atoms with E-state index in [0.717, 1.165) is 0 Å². The smallest absolute Gasteiger partial charge is 0.0954 e. The SMILES string of the molecule is CC(C)(C)SCCS(=O)(=O)[O-]. The van der Waals surface area contributed by atoms with Crippen LogP contribution in [0.1, 0.15) is 20.8 Å². The summed E-state index contributed by atoms with van der Waals surface area (Å²) in [5, 5.41) is 0. The molecule has 0 bridgehead atoms. The normalized spacial score (nSPS) is 13.5. The van der Waals surface area contributed by atoms with Crippen molar-refractivity contribution in [2.45, 2.75) is 25.5 Å². The van der Waals surface area contributed by atoms with Crippen LogP contribution >= 0.6 is 11.8 Å². The van der Waals surface area contributed by atoms with Crippen LogP contribution in [0.25, 0.3) is 0 Å². The topological polar surface area (TPSA) is 57.2 Å². The van der Waals surface area contributed by atoms with Crippen molar-refractivity contribution >= 4 is 21.9 Å². The molecule has 68 valence electrons. The van der Waals surface area contributed by atoms with E-state index in [-0.39, 0.29) is 10.5 Å². The van der Waals surface area contributed by atoms with Gasteiger partial charge >= 0.3 is 0 Å². The molecule has 0 amide bonds. The molecule has 0 spiro atoms. The van der Waals surface area contributed by atoms with Crippen LogP contribution in [0.15, 0.2) is 0 Å². The molecule has 11 heavy (non-hydrogen) atoms. The van der Waals surface area contributed by atoms with E-state index in [4.69, 9.17) is 0 Å². The summed E-state index contributed by atoms with van der Waals surface area (Å²) in [5.74, 6) is 0.115. The van der Waals surface area contributed by atoms with Crippen LogP contribution in [-0.4, -0.2) is 29.2 Å². The molecule has 0 atom stereocenters. The van der Waals surface area contributed by atoms with Crippen LogP contribution in [-0.2, 0) is 10.1 Å². The van der Waals surface area contributed by atoms with E-state index >= 15 is 0 Å². The van der Waals surface area contributed by atoms with E-state index in [2.05, 4.69) is 0 Å². The Kier molecular flexibility index (Phi) is 3.87. The fourth-order valence-electron chi connectivity index (χ4n) is 0.450. The second-order valence-corrected chi connectivity index (χ2v) is 6.67. The average molecular weight is 197 g/mol. The van der Waals surface area contributed by atoms with Gasteiger partial charge in [-0.3, -0.25) is 0 Å². The minimum Gasteiger partial charge on any atom is -0.748 e. The fourth-order valence-corrected chi connectivity index (χ4v) is 2.21. The predicted molar refractivity (Wildman–Crippen MR) is 46.8 cm³/mol. The van der Waals surface area contributed by atoms with Crippen LogP contribution in [0.4, 0.5) is 0 Å². The quantitative estimate of drug-likeness (QED) is 0.635. The molecule has 0 aliphatic rings. The van der Waals surface area contributed by atoms with Gasteiger partial charge in [0.2, 0.25) is 0 Å². The first kappa shape index (κ1) is 11.3. The lowest BCUT2D eigenvalue weighted by Crippen LogP contribution is -2.13. The molecule has 3 nitrogen and oxygen atoms in total. The fraction of sp³-hybridized carbons (Fsp3) is 1.00. The largest absolute Gasteiger partial charge is 0.748 e. The summed E-state index contributed by atoms with van der Waals surface area (Å²) >= 11 is 1.48. The Bertz CT molecular complexity index is 200. The Balaban J connectivity index is 3.61. The van der Waals surface area contributed by atoms with Crippen LogP contribution in [0.5, 0.6) is 0 Å². The van der Waals surface area contributed by atoms with Gasteiger partial charge in [-0.25, -0.2) is 8.42 Å². The van der Waals surface area contributed by atoms with Gasteiger partial charge < -0.3 is 4.55 Å². The maximum atomic E-state index is 10.1. The summed E-state index contributed by atoms with van der Waals surface area (Å²) in [5.41, 5.74) is 0. The zero-order valence-electron chi connectivity index (χ0n) is 6.96. The van der Waals surface area contributed by atoms with Gasteiger partial charge in [-0.15, -0.1) is 0 Å². The van der Waals surface area contributed by atoms with Crippen LogP contribution in [0.3, 0.4) is 0 Å². The van der Waals surface area contributed by atoms with Crippen LogP contribution in [0, 0.1) is 0 Å². The summed E-state index contributed by atoms with van der Waals surface area (Å²) in [6.07, 6.45) is 0. The third-order valence-electron chi connectivity index (χ3n) is 0.868. The Labute approximate surface area is 72.3 Å². The van der Waals surface area contributed by atoms with Crippen molar-refractivity contribution in [3.63, 3.8) is 0 Å². The maximum absolute atomic E-state index is 10.1. The third kappa shape index (κ3) is 10.3. The monoisotopic (exact) mass is 197 g/mol. The number of thioether (sulfide) groups is 1. The molecule has 0 heterocycles. The molecular weight excluding hydrogens is 184 g/mol. The molecule has 0 N–H and O–H groups in total. The summed E-state index contributed by atoms with van der Waals surface area (Å²) in [7, 11) is -4.02. The molecule has 0 aromatic heterocycles. The Morgan fingerprint density at radius 3 is 2.09 bits per heavy atom. The molecule has 0 aliphatic carbocycles. The third-order valence-corrected chi connectivity index (χ3v) is 3.11. The summed E-state index contributed by atoms with van der Waals surface area (Å²) in [6.45, 7) is 5.94. The maximum Gasteiger partial charge on any atom is 0.0954 e. The average Bonchev–Trinajstić information content (AvgIpc) is 1.55. The van der Waals surface area contributed by atoms with E-state index in [0.29, 0.717) is 5.75 Å². The lowest BCUT2D eigenvalue weighted by atomic mass is 10.3. The standard InChI is InChI=1S/C6H14O3S2/c1-6(2,3)10-4-5-11(7,8)9/h4-5H2,1-3H3,(H,7,8,9)/p-1. The first-order valence-corrected chi connectivity index (χ1v) is 5.84. The number of hydrogen-bond donors (Lipinski definition) is 0. The summed E-state index contributed by atoms with van der Waals surface area (Å²) < 4.78 is 30.5. The number of rotatable bonds is 3. The molecule has 0 fully saturated rings. The van der Waals surface area contributed by atoms with Gasteiger partial charge in [0.15, 0.2) is 0 Å². The second-order valence-electron chi connectivity index (χ2n) is 3.22. The van der Waals surface area contributed by atoms with Gasteiger partial charge in [0.05, 0.1) is 10.1 Å². The number of hydrogen-bond acceptors (Lipinski definition) is 4. The van der Waals surface area contributed by atoms with Gasteiger partial charge in [-0.2, -0.15) is 11.8 Å². The van der Waals surface area contributed by atoms with E-state index in [1.54, 1.807) is 0 Å². The van der Waals surface area contributed by atoms with Crippen molar-refractivity contribution in [2.75, 3.05) is 11.5 Å². The van der Waals surface area contributed by atoms with Gasteiger partial charge in [-0.1, -0.05) is 20.8 Å². The van der Waals surface area contributed by atoms with Crippen LogP contribution < -0.4 is 0 Å². The molecule has 0 rings (SSSR count). The van der Waals surface area contributed by atoms with E-state index in [9.17, 15) is 13.0 Å². The minimum absolute atomic E-state index is 0.0324. The van der Waals surface area contributed by atoms with Crippen molar-refractivity contribution in [3.05, 3.63) is 0 Å². The lowest BCUT2D eigenvalue weighted by molar-refractivity contribution is 0.465. The summed E-state index contributed by atoms with van der Waals surface area (Å²) in [4.78, 5) is 0. The minimum atomic E-state index is -4.02. The predicted octanol–water partition coefficient (Wildman–Crippen LogP) is 1.06. The molecule has 0 unspecified atom stereocenters. The molecule has 0 saturated heterocycles. The molecule has 5 heteroatoms. The van der Waals surface area contributed by atoms with Crippen molar-refractivity contribution in [1.82, 2.24) is 0 Å². The van der Waals surface area contributed by atoms with E-state index < -0.39 is 10.1 Å². The first-order valence-electron chi connectivity index (χ1n) is 3.28. The van der Waals surface area contributed by atoms with E-state index in [1.165, 1.54) is 11.8 Å². The van der Waals surface area contributed by atoms with Crippen molar-refractivity contribution in [3.8, 4) is 0 Å². The molecule has 0 saturated carbocycles. The highest BCUT2D eigenvalue weighted by atomic mass is 32.2. The zero-order chi connectivity index (χ0) is 9.12. The molecule has 0 aliphatic heterocycles. The Morgan fingerprint density at radius 1 is 1.36 bits per heavy atom. The van der Waals surface area contributed by atoms with Gasteiger partial charge in [0, 0.05) is 16.3 Å².